The summed E-state index contributed by atoms with van der Waals surface area (Å²) < 4.78 is 6.69. The smallest absolute Gasteiger partial charge is 0.316 e. The van der Waals surface area contributed by atoms with Crippen LogP contribution in [0.25, 0.3) is 0 Å². The van der Waals surface area contributed by atoms with Crippen LogP contribution in [-0.2, 0) is 16.1 Å². The molecule has 2 unspecified atom stereocenters. The van der Waals surface area contributed by atoms with E-state index < -0.39 is 0 Å². The Morgan fingerprint density at radius 3 is 2.96 bits per heavy atom. The number of carbonyl (C=O) groups is 1. The van der Waals surface area contributed by atoms with Gasteiger partial charge in [-0.05, 0) is 24.6 Å². The Bertz CT molecular complexity index is 762. The average Bonchev–Trinajstić information content (AvgIpc) is 2.88. The van der Waals surface area contributed by atoms with Gasteiger partial charge in [-0.15, -0.1) is 0 Å². The number of methoxy groups -OCH3 is 1. The molecule has 7 nitrogen and oxygen atoms in total. The van der Waals surface area contributed by atoms with Crippen LogP contribution >= 0.6 is 0 Å². The molecule has 0 saturated heterocycles. The van der Waals surface area contributed by atoms with Gasteiger partial charge in [0.15, 0.2) is 12.9 Å². The topological polar surface area (TPSA) is 94.0 Å². The lowest BCUT2D eigenvalue weighted by molar-refractivity contribution is -0.750. The van der Waals surface area contributed by atoms with Gasteiger partial charge in [-0.3, -0.25) is 4.79 Å². The Morgan fingerprint density at radius 1 is 1.48 bits per heavy atom. The molecule has 0 spiro atoms. The average molecular weight is 314 g/mol. The van der Waals surface area contributed by atoms with Gasteiger partial charge < -0.3 is 15.8 Å². The van der Waals surface area contributed by atoms with E-state index in [0.29, 0.717) is 18.1 Å². The summed E-state index contributed by atoms with van der Waals surface area (Å²) in [6, 6.07) is 5.76. The number of nitrogens with zero attached hydrogens (tertiary/aromatic N) is 3. The van der Waals surface area contributed by atoms with Gasteiger partial charge in [0.05, 0.1) is 13.0 Å². The molecule has 2 atom stereocenters. The zero-order valence-corrected chi connectivity index (χ0v) is 13.4. The van der Waals surface area contributed by atoms with Crippen LogP contribution in [0.3, 0.4) is 0 Å². The molecule has 0 radical (unpaired) electrons. The third-order valence-corrected chi connectivity index (χ3v) is 4.35. The quantitative estimate of drug-likeness (QED) is 0.504. The summed E-state index contributed by atoms with van der Waals surface area (Å²) in [4.78, 5) is 16.3. The van der Waals surface area contributed by atoms with E-state index in [1.54, 1.807) is 4.68 Å². The predicted octanol–water partition coefficient (Wildman–Crippen LogP) is 1.30. The van der Waals surface area contributed by atoms with E-state index in [4.69, 9.17) is 10.5 Å². The van der Waals surface area contributed by atoms with Gasteiger partial charge in [0.2, 0.25) is 5.82 Å². The highest BCUT2D eigenvalue weighted by molar-refractivity contribution is 5.74. The second-order valence-electron chi connectivity index (χ2n) is 5.79. The van der Waals surface area contributed by atoms with Gasteiger partial charge in [0.25, 0.3) is 5.69 Å². The molecule has 0 amide bonds. The van der Waals surface area contributed by atoms with Crippen molar-refractivity contribution < 1.29 is 14.2 Å². The molecule has 7 heteroatoms. The second kappa shape index (κ2) is 5.83. The first-order valence-electron chi connectivity index (χ1n) is 7.47. The van der Waals surface area contributed by atoms with E-state index in [1.807, 2.05) is 32.0 Å². The molecular formula is C16H20N5O2+. The molecule has 1 aliphatic heterocycles. The van der Waals surface area contributed by atoms with E-state index in [9.17, 15) is 4.79 Å². The van der Waals surface area contributed by atoms with Gasteiger partial charge in [-0.2, -0.15) is 0 Å². The van der Waals surface area contributed by atoms with Gasteiger partial charge in [0, 0.05) is 16.5 Å². The first-order chi connectivity index (χ1) is 11.0. The number of fused-ring (bicyclic) bond motifs is 1. The maximum absolute atomic E-state index is 11.9. The number of esters is 1. The molecule has 3 N–H and O–H groups in total. The van der Waals surface area contributed by atoms with Crippen molar-refractivity contribution in [2.75, 3.05) is 18.2 Å². The van der Waals surface area contributed by atoms with Crippen molar-refractivity contribution in [3.63, 3.8) is 0 Å². The molecule has 2 aromatic rings. The molecule has 2 heterocycles. The third kappa shape index (κ3) is 2.69. The summed E-state index contributed by atoms with van der Waals surface area (Å²) in [5, 5.41) is 7.52. The van der Waals surface area contributed by atoms with Crippen LogP contribution in [0.4, 0.5) is 17.2 Å². The molecule has 120 valence electrons. The Balaban J connectivity index is 1.93. The van der Waals surface area contributed by atoms with Crippen molar-refractivity contribution in [2.45, 2.75) is 26.3 Å². The van der Waals surface area contributed by atoms with E-state index in [1.165, 1.54) is 13.4 Å². The molecule has 3 rings (SSSR count). The number of nitrogen functional groups attached to an aromatic ring is 1. The summed E-state index contributed by atoms with van der Waals surface area (Å²) in [6.07, 6.45) is 1.48. The minimum Gasteiger partial charge on any atom is -0.469 e. The van der Waals surface area contributed by atoms with Gasteiger partial charge >= 0.3 is 5.97 Å². The highest BCUT2D eigenvalue weighted by atomic mass is 16.5. The van der Waals surface area contributed by atoms with E-state index in [0.717, 1.165) is 16.9 Å². The third-order valence-electron chi connectivity index (χ3n) is 4.35. The largest absolute Gasteiger partial charge is 0.469 e. The highest BCUT2D eigenvalue weighted by Gasteiger charge is 2.45. The molecule has 1 aromatic heterocycles. The Hall–Kier alpha value is -2.70. The number of hydrogen-bond acceptors (Lipinski definition) is 6. The van der Waals surface area contributed by atoms with Gasteiger partial charge in [-0.25, -0.2) is 4.98 Å². The highest BCUT2D eigenvalue weighted by Crippen LogP contribution is 2.33. The molecular weight excluding hydrogens is 294 g/mol. The Morgan fingerprint density at radius 2 is 2.26 bits per heavy atom. The maximum atomic E-state index is 11.9. The lowest BCUT2D eigenvalue weighted by Crippen LogP contribution is -2.40. The maximum Gasteiger partial charge on any atom is 0.316 e. The molecule has 1 aromatic carbocycles. The number of aryl methyl sites for hydroxylation is 1. The monoisotopic (exact) mass is 314 g/mol. The molecule has 1 aliphatic rings. The fourth-order valence-electron chi connectivity index (χ4n) is 2.91. The number of ether oxygens (including phenoxy) is 1. The number of nitrogens with two attached hydrogens (primary N) is 1. The van der Waals surface area contributed by atoms with E-state index >= 15 is 0 Å². The SMILES string of the molecule is COC(=O)C1C[n+]2ncnc(Nc3ccc(C)c(N)c3)c2C1C. The van der Waals surface area contributed by atoms with Crippen molar-refractivity contribution in [3.8, 4) is 0 Å². The van der Waals surface area contributed by atoms with Crippen LogP contribution in [0.1, 0.15) is 24.1 Å². The molecule has 0 saturated carbocycles. The number of anilines is 3. The van der Waals surface area contributed by atoms with Crippen LogP contribution in [-0.4, -0.2) is 23.2 Å². The Labute approximate surface area is 134 Å². The summed E-state index contributed by atoms with van der Waals surface area (Å²) in [5.41, 5.74) is 9.44. The van der Waals surface area contributed by atoms with E-state index in [-0.39, 0.29) is 17.8 Å². The van der Waals surface area contributed by atoms with E-state index in [2.05, 4.69) is 15.4 Å². The van der Waals surface area contributed by atoms with Crippen molar-refractivity contribution in [1.29, 1.82) is 0 Å². The van der Waals surface area contributed by atoms with Crippen LogP contribution < -0.4 is 15.7 Å². The fraction of sp³-hybridized carbons (Fsp3) is 0.375. The molecule has 0 aliphatic carbocycles. The predicted molar refractivity (Wildman–Crippen MR) is 85.0 cm³/mol. The number of hydrogen-bond donors (Lipinski definition) is 2. The zero-order valence-electron chi connectivity index (χ0n) is 13.4. The van der Waals surface area contributed by atoms with Crippen LogP contribution in [0, 0.1) is 12.8 Å². The number of benzene rings is 1. The molecule has 23 heavy (non-hydrogen) atoms. The van der Waals surface area contributed by atoms with Crippen molar-refractivity contribution in [1.82, 2.24) is 10.1 Å². The van der Waals surface area contributed by atoms with Crippen LogP contribution in [0.2, 0.25) is 0 Å². The van der Waals surface area contributed by atoms with Gasteiger partial charge in [-0.1, -0.05) is 17.7 Å². The lowest BCUT2D eigenvalue weighted by Gasteiger charge is -2.10. The number of nitrogens with one attached hydrogen (secondary N) is 1. The first kappa shape index (κ1) is 15.2. The number of rotatable bonds is 3. The minimum absolute atomic E-state index is 0.0334. The normalized spacial score (nSPS) is 19.3. The van der Waals surface area contributed by atoms with Crippen molar-refractivity contribution in [2.24, 2.45) is 5.92 Å². The molecule has 0 fully saturated rings. The summed E-state index contributed by atoms with van der Waals surface area (Å²) in [5.74, 6) is 0.171. The summed E-state index contributed by atoms with van der Waals surface area (Å²) in [7, 11) is 1.41. The first-order valence-corrected chi connectivity index (χ1v) is 7.47. The number of carbonyl (C=O) groups excluding carboxylic acids is 1. The minimum atomic E-state index is -0.250. The standard InChI is InChI=1S/C16H20N5O2/c1-9-4-5-11(6-13(9)17)20-15-14-10(2)12(16(22)23-3)7-21(14)19-8-18-15/h4-6,8,10,12H,7,17H2,1-3H3,(H,18,19,20)/q+1. The van der Waals surface area contributed by atoms with Crippen molar-refractivity contribution in [3.05, 3.63) is 35.8 Å². The van der Waals surface area contributed by atoms with Crippen LogP contribution in [0.5, 0.6) is 0 Å². The summed E-state index contributed by atoms with van der Waals surface area (Å²) >= 11 is 0. The molecule has 0 bridgehead atoms. The summed E-state index contributed by atoms with van der Waals surface area (Å²) in [6.45, 7) is 4.44. The zero-order chi connectivity index (χ0) is 16.6. The van der Waals surface area contributed by atoms with Crippen molar-refractivity contribution >= 4 is 23.2 Å². The van der Waals surface area contributed by atoms with Gasteiger partial charge in [0.1, 0.15) is 5.92 Å². The second-order valence-corrected chi connectivity index (χ2v) is 5.79. The lowest BCUT2D eigenvalue weighted by atomic mass is 9.95. The Kier molecular flexibility index (Phi) is 3.85. The number of aromatic nitrogens is 3. The fourth-order valence-corrected chi connectivity index (χ4v) is 2.91. The van der Waals surface area contributed by atoms with Crippen LogP contribution in [0.15, 0.2) is 24.5 Å².